The Balaban J connectivity index is 1.55. The van der Waals surface area contributed by atoms with Gasteiger partial charge in [0.1, 0.15) is 6.61 Å². The molecular weight excluding hydrogens is 663 g/mol. The fraction of sp³-hybridized carbons (Fsp3) is 0.286. The monoisotopic (exact) mass is 696 g/mol. The van der Waals surface area contributed by atoms with Crippen molar-refractivity contribution in [1.82, 2.24) is 4.57 Å². The summed E-state index contributed by atoms with van der Waals surface area (Å²) in [6.45, 7) is 7.74. The molecule has 0 amide bonds. The first-order valence-corrected chi connectivity index (χ1v) is 16.4. The van der Waals surface area contributed by atoms with Gasteiger partial charge in [0.25, 0.3) is 5.56 Å². The Kier molecular flexibility index (Phi) is 10.6. The van der Waals surface area contributed by atoms with Crippen LogP contribution >= 0.6 is 34.5 Å². The zero-order valence-electron chi connectivity index (χ0n) is 26.8. The lowest BCUT2D eigenvalue weighted by Gasteiger charge is -2.25. The van der Waals surface area contributed by atoms with Crippen molar-refractivity contribution in [1.29, 1.82) is 0 Å². The van der Waals surface area contributed by atoms with Gasteiger partial charge < -0.3 is 23.7 Å². The van der Waals surface area contributed by atoms with Crippen molar-refractivity contribution >= 4 is 46.6 Å². The third kappa shape index (κ3) is 7.35. The molecule has 47 heavy (non-hydrogen) atoms. The number of benzene rings is 3. The normalized spacial score (nSPS) is 14.5. The van der Waals surface area contributed by atoms with Crippen LogP contribution in [0.1, 0.15) is 50.4 Å². The lowest BCUT2D eigenvalue weighted by atomic mass is 9.95. The lowest BCUT2D eigenvalue weighted by molar-refractivity contribution is -0.139. The molecule has 4 aromatic rings. The van der Waals surface area contributed by atoms with Gasteiger partial charge in [0, 0.05) is 0 Å². The van der Waals surface area contributed by atoms with Gasteiger partial charge in [0.05, 0.1) is 58.8 Å². The van der Waals surface area contributed by atoms with Crippen molar-refractivity contribution in [2.75, 3.05) is 20.8 Å². The van der Waals surface area contributed by atoms with Crippen LogP contribution in [-0.4, -0.2) is 37.5 Å². The molecule has 0 N–H and O–H groups in total. The van der Waals surface area contributed by atoms with Gasteiger partial charge in [-0.2, -0.15) is 0 Å². The van der Waals surface area contributed by atoms with Gasteiger partial charge in [-0.1, -0.05) is 52.7 Å². The van der Waals surface area contributed by atoms with Gasteiger partial charge in [-0.05, 0) is 86.9 Å². The van der Waals surface area contributed by atoms with Crippen LogP contribution in [-0.2, 0) is 16.1 Å². The number of esters is 1. The second-order valence-electron chi connectivity index (χ2n) is 10.8. The number of aromatic nitrogens is 1. The first kappa shape index (κ1) is 34.1. The summed E-state index contributed by atoms with van der Waals surface area (Å²) in [5.41, 5.74) is 2.63. The number of allylic oxidation sites excluding steroid dienone is 1. The lowest BCUT2D eigenvalue weighted by Crippen LogP contribution is -2.40. The number of methoxy groups -OCH3 is 2. The predicted molar refractivity (Wildman–Crippen MR) is 183 cm³/mol. The van der Waals surface area contributed by atoms with E-state index in [-0.39, 0.29) is 30.5 Å². The van der Waals surface area contributed by atoms with E-state index in [1.54, 1.807) is 70.5 Å². The molecule has 1 atom stereocenters. The molecule has 0 saturated heterocycles. The highest BCUT2D eigenvalue weighted by molar-refractivity contribution is 7.07. The average molecular weight is 698 g/mol. The molecule has 12 heteroatoms. The Labute approximate surface area is 286 Å². The van der Waals surface area contributed by atoms with Crippen LogP contribution < -0.4 is 33.8 Å². The molecule has 0 fully saturated rings. The number of hydrogen-bond acceptors (Lipinski definition) is 9. The molecule has 0 bridgehead atoms. The zero-order valence-corrected chi connectivity index (χ0v) is 29.1. The second kappa shape index (κ2) is 14.7. The van der Waals surface area contributed by atoms with Crippen molar-refractivity contribution in [3.63, 3.8) is 0 Å². The summed E-state index contributed by atoms with van der Waals surface area (Å²) in [5, 5.41) is 0.912. The van der Waals surface area contributed by atoms with Crippen LogP contribution in [0.25, 0.3) is 6.08 Å². The van der Waals surface area contributed by atoms with E-state index in [9.17, 15) is 9.59 Å². The van der Waals surface area contributed by atoms with Crippen LogP contribution in [0.15, 0.2) is 75.7 Å². The van der Waals surface area contributed by atoms with Crippen molar-refractivity contribution < 1.29 is 28.5 Å². The first-order valence-electron chi connectivity index (χ1n) is 14.8. The molecule has 5 rings (SSSR count). The van der Waals surface area contributed by atoms with E-state index in [1.165, 1.54) is 15.9 Å². The number of fused-ring (bicyclic) bond motifs is 1. The van der Waals surface area contributed by atoms with Crippen LogP contribution in [0.3, 0.4) is 0 Å². The largest absolute Gasteiger partial charge is 0.493 e. The molecule has 2 heterocycles. The zero-order chi connectivity index (χ0) is 33.8. The Morgan fingerprint density at radius 3 is 2.38 bits per heavy atom. The van der Waals surface area contributed by atoms with E-state index >= 15 is 0 Å². The molecule has 0 spiro atoms. The van der Waals surface area contributed by atoms with Gasteiger partial charge in [-0.15, -0.1) is 0 Å². The maximum Gasteiger partial charge on any atom is 0.338 e. The van der Waals surface area contributed by atoms with Crippen molar-refractivity contribution in [3.05, 3.63) is 112 Å². The molecule has 1 aliphatic heterocycles. The maximum atomic E-state index is 14.1. The summed E-state index contributed by atoms with van der Waals surface area (Å²) in [5.74, 6) is 1.49. The summed E-state index contributed by atoms with van der Waals surface area (Å²) in [7, 11) is 3.09. The minimum absolute atomic E-state index is 0.0773. The maximum absolute atomic E-state index is 14.1. The number of halogens is 2. The van der Waals surface area contributed by atoms with Crippen molar-refractivity contribution in [2.45, 2.75) is 46.4 Å². The Hall–Kier alpha value is -4.25. The van der Waals surface area contributed by atoms with Gasteiger partial charge >= 0.3 is 5.97 Å². The van der Waals surface area contributed by atoms with Crippen LogP contribution in [0, 0.1) is 0 Å². The van der Waals surface area contributed by atoms with Crippen LogP contribution in [0.5, 0.6) is 23.0 Å². The number of thiazole rings is 1. The fourth-order valence-electron chi connectivity index (χ4n) is 5.15. The van der Waals surface area contributed by atoms with Crippen LogP contribution in [0.4, 0.5) is 0 Å². The van der Waals surface area contributed by atoms with Gasteiger partial charge in [-0.25, -0.2) is 9.79 Å². The van der Waals surface area contributed by atoms with E-state index in [0.29, 0.717) is 59.2 Å². The second-order valence-corrected chi connectivity index (χ2v) is 12.7. The molecule has 3 aromatic carbocycles. The molecule has 9 nitrogen and oxygen atoms in total. The molecule has 1 aliphatic rings. The van der Waals surface area contributed by atoms with Crippen molar-refractivity contribution in [2.24, 2.45) is 4.99 Å². The Morgan fingerprint density at radius 2 is 1.70 bits per heavy atom. The highest BCUT2D eigenvalue weighted by Crippen LogP contribution is 2.37. The smallest absolute Gasteiger partial charge is 0.338 e. The number of carbonyl (C=O) groups is 1. The highest BCUT2D eigenvalue weighted by atomic mass is 35.5. The molecule has 246 valence electrons. The number of ether oxygens (including phenoxy) is 5. The van der Waals surface area contributed by atoms with Crippen LogP contribution in [0.2, 0.25) is 10.0 Å². The number of nitrogens with zero attached hydrogens (tertiary/aromatic N) is 2. The van der Waals surface area contributed by atoms with E-state index < -0.39 is 12.0 Å². The van der Waals surface area contributed by atoms with Gasteiger partial charge in [0.2, 0.25) is 0 Å². The standard InChI is InChI=1S/C35H34Cl2N2O7S/c1-7-44-34(41)31-20(4)38-35-39(32(31)23-10-13-27(46-19(2)3)29(17-23)43-6)33(40)30(47-35)16-21-9-12-26(28(15-21)42-5)45-18-22-8-11-24(36)25(37)14-22/h8-17,19,32H,7,18H2,1-6H3/b30-16-/t32-/m1/s1. The SMILES string of the molecule is CCOC(=O)C1=C(C)N=c2s/c(=C\c3ccc(OCc4ccc(Cl)c(Cl)c4)c(OC)c3)c(=O)n2[C@@H]1c1ccc(OC(C)C)c(OC)c1. The Bertz CT molecular complexity index is 2030. The summed E-state index contributed by atoms with van der Waals surface area (Å²) >= 11 is 13.4. The van der Waals surface area contributed by atoms with E-state index in [0.717, 1.165) is 5.56 Å². The minimum atomic E-state index is -0.805. The van der Waals surface area contributed by atoms with Gasteiger partial charge in [-0.3, -0.25) is 9.36 Å². The summed E-state index contributed by atoms with van der Waals surface area (Å²) in [6, 6.07) is 15.3. The number of rotatable bonds is 11. The summed E-state index contributed by atoms with van der Waals surface area (Å²) in [4.78, 5) is 32.5. The topological polar surface area (TPSA) is 97.6 Å². The molecule has 0 saturated carbocycles. The average Bonchev–Trinajstić information content (AvgIpc) is 3.34. The summed E-state index contributed by atoms with van der Waals surface area (Å²) < 4.78 is 30.5. The third-order valence-electron chi connectivity index (χ3n) is 7.25. The molecular formula is C35H34Cl2N2O7S. The minimum Gasteiger partial charge on any atom is -0.493 e. The van der Waals surface area contributed by atoms with E-state index in [4.69, 9.17) is 46.9 Å². The van der Waals surface area contributed by atoms with Crippen molar-refractivity contribution in [3.8, 4) is 23.0 Å². The Morgan fingerprint density at radius 1 is 0.979 bits per heavy atom. The molecule has 0 unspecified atom stereocenters. The predicted octanol–water partition coefficient (Wildman–Crippen LogP) is 6.49. The van der Waals surface area contributed by atoms with Gasteiger partial charge in [0.15, 0.2) is 27.8 Å². The van der Waals surface area contributed by atoms with E-state index in [1.807, 2.05) is 32.0 Å². The highest BCUT2D eigenvalue weighted by Gasteiger charge is 2.34. The number of carbonyl (C=O) groups excluding carboxylic acids is 1. The third-order valence-corrected chi connectivity index (χ3v) is 8.97. The molecule has 1 aromatic heterocycles. The first-order chi connectivity index (χ1) is 22.5. The quantitative estimate of drug-likeness (QED) is 0.165. The molecule has 0 radical (unpaired) electrons. The fourth-order valence-corrected chi connectivity index (χ4v) is 6.51. The van der Waals surface area contributed by atoms with E-state index in [2.05, 4.69) is 4.99 Å². The molecule has 0 aliphatic carbocycles. The number of hydrogen-bond donors (Lipinski definition) is 0. The summed E-state index contributed by atoms with van der Waals surface area (Å²) in [6.07, 6.45) is 1.68.